The first-order valence-electron chi connectivity index (χ1n) is 15.0. The van der Waals surface area contributed by atoms with Crippen LogP contribution in [-0.4, -0.2) is 81.5 Å². The summed E-state index contributed by atoms with van der Waals surface area (Å²) in [7, 11) is 1.59. The van der Waals surface area contributed by atoms with E-state index in [0.717, 1.165) is 12.0 Å². The fourth-order valence-corrected chi connectivity index (χ4v) is 9.42. The minimum absolute atomic E-state index is 0.0648. The summed E-state index contributed by atoms with van der Waals surface area (Å²) in [5.41, 5.74) is 1.67. The Morgan fingerprint density at radius 3 is 2.42 bits per heavy atom. The standard InChI is InChI=1S/C34H41N3O5S/c1-5-19-35(21-23-11-9-8-10-12-23)31(39)28-27-17-18-34(43-27)29(28)32(40)37(24(7-3)22-38)30(34)33(41)36(20-6-2)25-13-15-26(42-4)16-14-25/h5-6,8-16,24,27-30,38H,1-2,7,17-22H2,3-4H3/t24-,27-,28+,29-,30?,34?/m0/s1. The summed E-state index contributed by atoms with van der Waals surface area (Å²) in [5, 5.41) is 10.3. The Labute approximate surface area is 258 Å². The molecule has 9 heteroatoms. The van der Waals surface area contributed by atoms with Gasteiger partial charge in [-0.25, -0.2) is 0 Å². The van der Waals surface area contributed by atoms with Gasteiger partial charge in [-0.2, -0.15) is 0 Å². The summed E-state index contributed by atoms with van der Waals surface area (Å²) in [6.07, 6.45) is 5.27. The number of aliphatic hydroxyl groups excluding tert-OH is 1. The van der Waals surface area contributed by atoms with Crippen molar-refractivity contribution in [1.29, 1.82) is 0 Å². The zero-order valence-corrected chi connectivity index (χ0v) is 25.7. The Bertz CT molecular complexity index is 1350. The van der Waals surface area contributed by atoms with Gasteiger partial charge in [-0.1, -0.05) is 49.4 Å². The number of hydrogen-bond donors (Lipinski definition) is 1. The molecule has 2 bridgehead atoms. The predicted octanol–water partition coefficient (Wildman–Crippen LogP) is 4.29. The average molecular weight is 604 g/mol. The number of aliphatic hydroxyl groups is 1. The molecule has 2 aromatic rings. The summed E-state index contributed by atoms with van der Waals surface area (Å²) in [4.78, 5) is 48.6. The van der Waals surface area contributed by atoms with E-state index < -0.39 is 28.7 Å². The Balaban J connectivity index is 1.54. The topological polar surface area (TPSA) is 90.4 Å². The Kier molecular flexibility index (Phi) is 9.32. The molecule has 1 spiro atoms. The largest absolute Gasteiger partial charge is 0.497 e. The fraction of sp³-hybridized carbons (Fsp3) is 0.441. The molecule has 0 aliphatic carbocycles. The van der Waals surface area contributed by atoms with Gasteiger partial charge < -0.3 is 24.5 Å². The maximum absolute atomic E-state index is 14.7. The molecule has 0 aromatic heterocycles. The highest BCUT2D eigenvalue weighted by atomic mass is 32.2. The second-order valence-electron chi connectivity index (χ2n) is 11.5. The van der Waals surface area contributed by atoms with Crippen molar-refractivity contribution in [3.63, 3.8) is 0 Å². The number of carbonyl (C=O) groups is 3. The van der Waals surface area contributed by atoms with Crippen LogP contribution in [0.3, 0.4) is 0 Å². The highest BCUT2D eigenvalue weighted by Crippen LogP contribution is 2.67. The van der Waals surface area contributed by atoms with Gasteiger partial charge in [0.25, 0.3) is 5.91 Å². The number of hydrogen-bond acceptors (Lipinski definition) is 6. The van der Waals surface area contributed by atoms with Crippen LogP contribution in [0.1, 0.15) is 31.7 Å². The predicted molar refractivity (Wildman–Crippen MR) is 170 cm³/mol. The minimum Gasteiger partial charge on any atom is -0.497 e. The molecule has 3 aliphatic heterocycles. The first-order valence-corrected chi connectivity index (χ1v) is 15.8. The molecule has 228 valence electrons. The molecule has 5 rings (SSSR count). The number of rotatable bonds is 13. The fourth-order valence-electron chi connectivity index (χ4n) is 7.22. The molecule has 3 amide bonds. The average Bonchev–Trinajstić information content (AvgIpc) is 3.68. The molecule has 6 atom stereocenters. The van der Waals surface area contributed by atoms with Crippen LogP contribution >= 0.6 is 11.8 Å². The highest BCUT2D eigenvalue weighted by Gasteiger charge is 2.74. The first-order chi connectivity index (χ1) is 20.8. The summed E-state index contributed by atoms with van der Waals surface area (Å²) < 4.78 is 4.55. The normalized spacial score (nSPS) is 26.1. The van der Waals surface area contributed by atoms with Gasteiger partial charge >= 0.3 is 0 Å². The second-order valence-corrected chi connectivity index (χ2v) is 13.1. The lowest BCUT2D eigenvalue weighted by atomic mass is 9.70. The summed E-state index contributed by atoms with van der Waals surface area (Å²) in [6, 6.07) is 15.7. The van der Waals surface area contributed by atoms with E-state index in [1.54, 1.807) is 57.9 Å². The molecule has 3 aliphatic rings. The third-order valence-corrected chi connectivity index (χ3v) is 11.1. The van der Waals surface area contributed by atoms with Crippen LogP contribution < -0.4 is 9.64 Å². The maximum Gasteiger partial charge on any atom is 0.251 e. The third kappa shape index (κ3) is 5.38. The molecular weight excluding hydrogens is 562 g/mol. The van der Waals surface area contributed by atoms with Crippen molar-refractivity contribution in [2.75, 3.05) is 31.7 Å². The number of methoxy groups -OCH3 is 1. The Hall–Kier alpha value is -3.56. The van der Waals surface area contributed by atoms with E-state index >= 15 is 0 Å². The number of amides is 3. The van der Waals surface area contributed by atoms with Crippen molar-refractivity contribution >= 4 is 35.2 Å². The molecule has 0 saturated carbocycles. The Morgan fingerprint density at radius 2 is 1.81 bits per heavy atom. The van der Waals surface area contributed by atoms with Gasteiger partial charge in [0.15, 0.2) is 0 Å². The molecule has 8 nitrogen and oxygen atoms in total. The molecule has 0 radical (unpaired) electrons. The van der Waals surface area contributed by atoms with E-state index in [1.165, 1.54) is 0 Å². The summed E-state index contributed by atoms with van der Waals surface area (Å²) in [6.45, 7) is 10.4. The number of thioether (sulfide) groups is 1. The number of ether oxygens (including phenoxy) is 1. The van der Waals surface area contributed by atoms with E-state index in [0.29, 0.717) is 37.4 Å². The lowest BCUT2D eigenvalue weighted by Crippen LogP contribution is -2.57. The summed E-state index contributed by atoms with van der Waals surface area (Å²) >= 11 is 1.64. The van der Waals surface area contributed by atoms with Crippen LogP contribution in [0.4, 0.5) is 5.69 Å². The zero-order chi connectivity index (χ0) is 30.7. The maximum atomic E-state index is 14.7. The van der Waals surface area contributed by atoms with Crippen molar-refractivity contribution in [1.82, 2.24) is 9.80 Å². The quantitative estimate of drug-likeness (QED) is 0.344. The van der Waals surface area contributed by atoms with Gasteiger partial charge in [0, 0.05) is 30.6 Å². The lowest BCUT2D eigenvalue weighted by Gasteiger charge is -2.39. The van der Waals surface area contributed by atoms with Crippen LogP contribution in [0.15, 0.2) is 79.9 Å². The molecule has 43 heavy (non-hydrogen) atoms. The number of benzene rings is 2. The van der Waals surface area contributed by atoms with Crippen molar-refractivity contribution in [3.8, 4) is 5.75 Å². The smallest absolute Gasteiger partial charge is 0.251 e. The van der Waals surface area contributed by atoms with E-state index in [2.05, 4.69) is 13.2 Å². The van der Waals surface area contributed by atoms with Gasteiger partial charge in [0.2, 0.25) is 11.8 Å². The van der Waals surface area contributed by atoms with Crippen molar-refractivity contribution in [2.24, 2.45) is 11.8 Å². The van der Waals surface area contributed by atoms with Gasteiger partial charge in [-0.05, 0) is 49.1 Å². The number of anilines is 1. The van der Waals surface area contributed by atoms with Crippen molar-refractivity contribution in [2.45, 2.75) is 54.8 Å². The number of likely N-dealkylation sites (tertiary alicyclic amines) is 1. The monoisotopic (exact) mass is 603 g/mol. The lowest BCUT2D eigenvalue weighted by molar-refractivity contribution is -0.145. The van der Waals surface area contributed by atoms with E-state index in [1.807, 2.05) is 49.4 Å². The van der Waals surface area contributed by atoms with Crippen LogP contribution in [0.2, 0.25) is 0 Å². The third-order valence-electron chi connectivity index (χ3n) is 9.17. The Morgan fingerprint density at radius 1 is 1.12 bits per heavy atom. The molecular formula is C34H41N3O5S. The molecule has 2 aromatic carbocycles. The van der Waals surface area contributed by atoms with Gasteiger partial charge in [-0.3, -0.25) is 14.4 Å². The van der Waals surface area contributed by atoms with Crippen LogP contribution in [0.25, 0.3) is 0 Å². The molecule has 2 unspecified atom stereocenters. The highest BCUT2D eigenvalue weighted by molar-refractivity contribution is 8.02. The van der Waals surface area contributed by atoms with E-state index in [9.17, 15) is 19.5 Å². The number of nitrogens with zero attached hydrogens (tertiary/aromatic N) is 3. The SMILES string of the molecule is C=CCN(Cc1ccccc1)C(=O)[C@@H]1[C@@H]2CCC3(S2)C(C(=O)N(CC=C)c2ccc(OC)cc2)N([C@@H](CC)CO)C(=O)[C@H]13. The summed E-state index contributed by atoms with van der Waals surface area (Å²) in [5.74, 6) is -1.05. The molecule has 1 N–H and O–H groups in total. The second kappa shape index (κ2) is 13.0. The number of carbonyl (C=O) groups excluding carboxylic acids is 3. The minimum atomic E-state index is -0.820. The van der Waals surface area contributed by atoms with Gasteiger partial charge in [-0.15, -0.1) is 24.9 Å². The van der Waals surface area contributed by atoms with E-state index in [-0.39, 0.29) is 36.1 Å². The molecule has 3 saturated heterocycles. The molecule has 3 fully saturated rings. The van der Waals surface area contributed by atoms with Crippen molar-refractivity contribution < 1.29 is 24.2 Å². The van der Waals surface area contributed by atoms with Gasteiger partial charge in [0.05, 0.1) is 36.3 Å². The van der Waals surface area contributed by atoms with Crippen LogP contribution in [0.5, 0.6) is 5.75 Å². The van der Waals surface area contributed by atoms with Crippen LogP contribution in [-0.2, 0) is 20.9 Å². The first kappa shape index (κ1) is 30.9. The molecule has 3 heterocycles. The van der Waals surface area contributed by atoms with Gasteiger partial charge in [0.1, 0.15) is 11.8 Å². The van der Waals surface area contributed by atoms with Crippen LogP contribution in [0, 0.1) is 11.8 Å². The zero-order valence-electron chi connectivity index (χ0n) is 24.9. The van der Waals surface area contributed by atoms with Crippen molar-refractivity contribution in [3.05, 3.63) is 85.5 Å². The number of fused-ring (bicyclic) bond motifs is 1. The van der Waals surface area contributed by atoms with E-state index in [4.69, 9.17) is 4.74 Å².